The van der Waals surface area contributed by atoms with Gasteiger partial charge in [0.25, 0.3) is 17.2 Å². The topological polar surface area (TPSA) is 180 Å². The third-order valence-corrected chi connectivity index (χ3v) is 9.52. The van der Waals surface area contributed by atoms with E-state index in [4.69, 9.17) is 20.0 Å². The second-order valence-corrected chi connectivity index (χ2v) is 13.0. The number of esters is 1. The molecule has 3 aromatic carbocycles. The lowest BCUT2D eigenvalue weighted by atomic mass is 9.95. The highest BCUT2D eigenvalue weighted by molar-refractivity contribution is 8.00. The van der Waals surface area contributed by atoms with Gasteiger partial charge in [-0.2, -0.15) is 0 Å². The van der Waals surface area contributed by atoms with Crippen molar-refractivity contribution in [1.29, 1.82) is 0 Å². The van der Waals surface area contributed by atoms with Gasteiger partial charge in [-0.25, -0.2) is 9.78 Å². The number of anilines is 1. The Labute approximate surface area is 282 Å². The van der Waals surface area contributed by atoms with Crippen LogP contribution in [0.4, 0.5) is 5.13 Å². The maximum atomic E-state index is 14.3. The molecule has 246 valence electrons. The summed E-state index contributed by atoms with van der Waals surface area (Å²) in [7, 11) is 1.26. The molecule has 1 saturated heterocycles. The predicted molar refractivity (Wildman–Crippen MR) is 180 cm³/mol. The van der Waals surface area contributed by atoms with Gasteiger partial charge in [-0.05, 0) is 25.0 Å². The number of fused-ring (bicyclic) bond motifs is 1. The summed E-state index contributed by atoms with van der Waals surface area (Å²) in [5.41, 5.74) is 5.27. The summed E-state index contributed by atoms with van der Waals surface area (Å²) < 4.78 is 11.8. The Balaban J connectivity index is 1.37. The van der Waals surface area contributed by atoms with E-state index in [-0.39, 0.29) is 44.9 Å². The molecule has 2 aliphatic heterocycles. The van der Waals surface area contributed by atoms with Crippen LogP contribution < -0.4 is 26.6 Å². The first-order valence-corrected chi connectivity index (χ1v) is 16.7. The van der Waals surface area contributed by atoms with Crippen molar-refractivity contribution in [3.8, 4) is 5.75 Å². The number of nitrogens with two attached hydrogens (primary N) is 1. The van der Waals surface area contributed by atoms with Crippen LogP contribution in [0.15, 0.2) is 86.5 Å². The lowest BCUT2D eigenvalue weighted by Gasteiger charge is -2.49. The van der Waals surface area contributed by atoms with Crippen molar-refractivity contribution in [2.24, 2.45) is 5.16 Å². The zero-order valence-electron chi connectivity index (χ0n) is 25.9. The van der Waals surface area contributed by atoms with Crippen molar-refractivity contribution in [2.75, 3.05) is 18.6 Å². The van der Waals surface area contributed by atoms with Crippen LogP contribution in [0.1, 0.15) is 42.3 Å². The highest BCUT2D eigenvalue weighted by atomic mass is 32.2. The molecule has 3 N–H and O–H groups in total. The molecule has 0 saturated carbocycles. The Morgan fingerprint density at radius 1 is 1.02 bits per heavy atom. The molecule has 15 heteroatoms. The number of nitrogen functional groups attached to an aromatic ring is 1. The van der Waals surface area contributed by atoms with E-state index in [2.05, 4.69) is 15.5 Å². The van der Waals surface area contributed by atoms with Crippen molar-refractivity contribution < 1.29 is 28.7 Å². The number of thioether (sulfide) groups is 1. The number of amides is 2. The molecular formula is C33H29N5O8S2. The number of nitrogens with zero attached hydrogens (tertiary/aromatic N) is 3. The highest BCUT2D eigenvalue weighted by Gasteiger charge is 2.56. The third-order valence-electron chi connectivity index (χ3n) is 7.56. The molecule has 3 heterocycles. The number of ether oxygens (including phenoxy) is 2. The summed E-state index contributed by atoms with van der Waals surface area (Å²) in [5, 5.41) is 7.41. The summed E-state index contributed by atoms with van der Waals surface area (Å²) in [6.45, 7) is 3.40. The molecule has 6 rings (SSSR count). The number of benzene rings is 2. The summed E-state index contributed by atoms with van der Waals surface area (Å²) in [6.07, 6.45) is -1.31. The second-order valence-electron chi connectivity index (χ2n) is 11.0. The zero-order valence-corrected chi connectivity index (χ0v) is 27.5. The van der Waals surface area contributed by atoms with E-state index in [1.54, 1.807) is 38.1 Å². The average molecular weight is 688 g/mol. The van der Waals surface area contributed by atoms with Crippen LogP contribution in [0.2, 0.25) is 0 Å². The number of hydrogen-bond donors (Lipinski definition) is 2. The Hall–Kier alpha value is -5.28. The Kier molecular flexibility index (Phi) is 9.15. The van der Waals surface area contributed by atoms with E-state index in [9.17, 15) is 24.0 Å². The van der Waals surface area contributed by atoms with Crippen molar-refractivity contribution in [2.45, 2.75) is 37.5 Å². The number of oxime groups is 1. The fourth-order valence-electron chi connectivity index (χ4n) is 5.44. The van der Waals surface area contributed by atoms with Crippen LogP contribution in [-0.4, -0.2) is 63.8 Å². The highest BCUT2D eigenvalue weighted by Crippen LogP contribution is 2.45. The van der Waals surface area contributed by atoms with Gasteiger partial charge in [0.2, 0.25) is 5.43 Å². The van der Waals surface area contributed by atoms with Gasteiger partial charge in [0.05, 0.1) is 11.7 Å². The molecule has 1 fully saturated rings. The Morgan fingerprint density at radius 3 is 2.23 bits per heavy atom. The van der Waals surface area contributed by atoms with Gasteiger partial charge in [-0.3, -0.25) is 24.1 Å². The van der Waals surface area contributed by atoms with E-state index in [0.29, 0.717) is 11.1 Å². The molecular weight excluding hydrogens is 659 g/mol. The van der Waals surface area contributed by atoms with Crippen LogP contribution in [-0.2, 0) is 24.0 Å². The lowest BCUT2D eigenvalue weighted by molar-refractivity contribution is -0.154. The van der Waals surface area contributed by atoms with E-state index >= 15 is 0 Å². The van der Waals surface area contributed by atoms with Crippen LogP contribution in [0.5, 0.6) is 5.75 Å². The number of rotatable bonds is 11. The number of β-lactam (4-membered cyclic amide) rings is 1. The minimum absolute atomic E-state index is 0.0353. The van der Waals surface area contributed by atoms with Gasteiger partial charge < -0.3 is 25.4 Å². The number of carbonyl (C=O) groups excluding carboxylic acids is 3. The molecule has 1 aromatic heterocycles. The van der Waals surface area contributed by atoms with E-state index < -0.39 is 52.3 Å². The van der Waals surface area contributed by atoms with Crippen LogP contribution in [0, 0.1) is 0 Å². The number of aromatic nitrogens is 1. The van der Waals surface area contributed by atoms with Gasteiger partial charge in [-0.1, -0.05) is 65.8 Å². The molecule has 0 spiro atoms. The second kappa shape index (κ2) is 13.4. The largest absolute Gasteiger partial charge is 0.486 e. The number of carbonyl (C=O) groups is 3. The first-order valence-electron chi connectivity index (χ1n) is 14.7. The molecule has 13 nitrogen and oxygen atoms in total. The summed E-state index contributed by atoms with van der Waals surface area (Å²) in [6, 6.07) is 17.0. The molecule has 2 atom stereocenters. The molecule has 2 aliphatic rings. The van der Waals surface area contributed by atoms with Gasteiger partial charge >= 0.3 is 5.97 Å². The van der Waals surface area contributed by atoms with E-state index in [1.165, 1.54) is 29.2 Å². The number of hydrogen-bond acceptors (Lipinski definition) is 13. The van der Waals surface area contributed by atoms with Gasteiger partial charge in [0, 0.05) is 16.7 Å². The normalized spacial score (nSPS) is 17.7. The maximum Gasteiger partial charge on any atom is 0.356 e. The maximum absolute atomic E-state index is 14.3. The first kappa shape index (κ1) is 32.7. The standard InChI is InChI=1S/C33H29N5O8S2/c1-16(2)45-28-21(25(39)26(28)40)19-14-47-31-23(36-29(41)22(37-44-3)20-15-48-33(34)35-20)30(42)38(31)24(19)32(43)46-27(17-10-6-4-7-11-17)18-12-8-5-9-13-18/h4-13,15-16,23,27,31H,14H2,1-3H3,(H2,34,35)(H,36,41)/b37-22-/t23?,31-/m0/s1. The summed E-state index contributed by atoms with van der Waals surface area (Å²) >= 11 is 2.30. The van der Waals surface area contributed by atoms with Crippen molar-refractivity contribution in [3.63, 3.8) is 0 Å². The van der Waals surface area contributed by atoms with Crippen LogP contribution in [0.3, 0.4) is 0 Å². The summed E-state index contributed by atoms with van der Waals surface area (Å²) in [5.74, 6) is -2.41. The Morgan fingerprint density at radius 2 is 1.67 bits per heavy atom. The molecule has 48 heavy (non-hydrogen) atoms. The SMILES string of the molecule is CO/N=C(\C(=O)NC1C(=O)N2C(C(=O)OC(c3ccccc3)c3ccccc3)=C(c3c(OC(C)C)c(=O)c3=O)CS[C@@H]12)c1csc(N)n1. The number of nitrogens with one attached hydrogen (secondary N) is 1. The fraction of sp³-hybridized carbons (Fsp3) is 0.242. The van der Waals surface area contributed by atoms with E-state index in [1.807, 2.05) is 36.4 Å². The van der Waals surface area contributed by atoms with E-state index in [0.717, 1.165) is 11.3 Å². The first-order chi connectivity index (χ1) is 23.1. The van der Waals surface area contributed by atoms with Gasteiger partial charge in [0.15, 0.2) is 22.7 Å². The monoisotopic (exact) mass is 687 g/mol. The molecule has 0 aliphatic carbocycles. The lowest BCUT2D eigenvalue weighted by Crippen LogP contribution is -2.71. The molecule has 1 unspecified atom stereocenters. The number of thiazole rings is 1. The van der Waals surface area contributed by atoms with Crippen LogP contribution in [0.25, 0.3) is 5.57 Å². The van der Waals surface area contributed by atoms with Gasteiger partial charge in [0.1, 0.15) is 29.9 Å². The predicted octanol–water partition coefficient (Wildman–Crippen LogP) is 2.60. The minimum atomic E-state index is -1.08. The fourth-order valence-corrected chi connectivity index (χ4v) is 7.34. The minimum Gasteiger partial charge on any atom is -0.486 e. The smallest absolute Gasteiger partial charge is 0.356 e. The molecule has 0 radical (unpaired) electrons. The third kappa shape index (κ3) is 5.97. The molecule has 4 aromatic rings. The van der Waals surface area contributed by atoms with Crippen molar-refractivity contribution in [3.05, 3.63) is 115 Å². The quantitative estimate of drug-likeness (QED) is 0.0778. The molecule has 0 bridgehead atoms. The van der Waals surface area contributed by atoms with Crippen molar-refractivity contribution in [1.82, 2.24) is 15.2 Å². The molecule has 2 amide bonds. The van der Waals surface area contributed by atoms with Crippen molar-refractivity contribution >= 4 is 57.3 Å². The van der Waals surface area contributed by atoms with Gasteiger partial charge in [-0.15, -0.1) is 23.1 Å². The Bertz CT molecular complexity index is 1980. The average Bonchev–Trinajstić information content (AvgIpc) is 3.53. The summed E-state index contributed by atoms with van der Waals surface area (Å²) in [4.78, 5) is 77.1. The van der Waals surface area contributed by atoms with Crippen LogP contribution >= 0.6 is 23.1 Å². The zero-order chi connectivity index (χ0) is 34.1.